The number of anilines is 1. The highest BCUT2D eigenvalue weighted by atomic mass is 19.1. The Hall–Kier alpha value is -3.22. The van der Waals surface area contributed by atoms with Crippen molar-refractivity contribution in [3.63, 3.8) is 0 Å². The molecule has 6 nitrogen and oxygen atoms in total. The van der Waals surface area contributed by atoms with Crippen molar-refractivity contribution >= 4 is 23.4 Å². The molecular formula is C17H15FN2O4. The zero-order chi connectivity index (χ0) is 17.7. The Morgan fingerprint density at radius 1 is 1.29 bits per heavy atom. The van der Waals surface area contributed by atoms with Crippen LogP contribution in [0.5, 0.6) is 5.75 Å². The van der Waals surface area contributed by atoms with Crippen molar-refractivity contribution in [1.82, 2.24) is 0 Å². The van der Waals surface area contributed by atoms with E-state index >= 15 is 0 Å². The van der Waals surface area contributed by atoms with Crippen LogP contribution < -0.4 is 10.1 Å². The first kappa shape index (κ1) is 17.1. The number of amides is 1. The molecule has 0 aromatic heterocycles. The molecule has 24 heavy (non-hydrogen) atoms. The molecule has 7 heteroatoms. The van der Waals surface area contributed by atoms with Crippen molar-refractivity contribution in [1.29, 1.82) is 0 Å². The largest absolute Gasteiger partial charge is 0.496 e. The molecule has 0 unspecified atom stereocenters. The monoisotopic (exact) mass is 330 g/mol. The number of ether oxygens (including phenoxy) is 1. The van der Waals surface area contributed by atoms with Crippen molar-refractivity contribution in [2.75, 3.05) is 12.4 Å². The van der Waals surface area contributed by atoms with Crippen LogP contribution in [0, 0.1) is 22.9 Å². The number of carbonyl (C=O) groups excluding carboxylic acids is 1. The molecule has 0 spiro atoms. The van der Waals surface area contributed by atoms with Crippen molar-refractivity contribution < 1.29 is 18.8 Å². The zero-order valence-corrected chi connectivity index (χ0v) is 13.1. The number of hydrogen-bond donors (Lipinski definition) is 1. The number of rotatable bonds is 5. The molecule has 1 amide bonds. The molecule has 0 saturated heterocycles. The van der Waals surface area contributed by atoms with Gasteiger partial charge in [0.15, 0.2) is 0 Å². The second-order valence-electron chi connectivity index (χ2n) is 4.99. The minimum absolute atomic E-state index is 0.133. The second kappa shape index (κ2) is 7.36. The number of nitro groups is 1. The number of hydrogen-bond acceptors (Lipinski definition) is 4. The number of nitro benzene ring substituents is 1. The maximum absolute atomic E-state index is 13.3. The number of methoxy groups -OCH3 is 1. The molecule has 1 N–H and O–H groups in total. The second-order valence-corrected chi connectivity index (χ2v) is 4.99. The molecular weight excluding hydrogens is 315 g/mol. The highest BCUT2D eigenvalue weighted by Gasteiger charge is 2.14. The Balaban J connectivity index is 2.15. The lowest BCUT2D eigenvalue weighted by Crippen LogP contribution is -2.08. The fraction of sp³-hybridized carbons (Fsp3) is 0.118. The Morgan fingerprint density at radius 2 is 2.04 bits per heavy atom. The van der Waals surface area contributed by atoms with E-state index in [0.29, 0.717) is 5.75 Å². The van der Waals surface area contributed by atoms with Crippen LogP contribution in [0.25, 0.3) is 6.08 Å². The topological polar surface area (TPSA) is 81.5 Å². The van der Waals surface area contributed by atoms with Gasteiger partial charge >= 0.3 is 5.69 Å². The third-order valence-electron chi connectivity index (χ3n) is 3.21. The van der Waals surface area contributed by atoms with E-state index in [2.05, 4.69) is 5.32 Å². The lowest BCUT2D eigenvalue weighted by molar-refractivity contribution is -0.387. The van der Waals surface area contributed by atoms with Crippen molar-refractivity contribution in [2.45, 2.75) is 6.92 Å². The maximum atomic E-state index is 13.3. The lowest BCUT2D eigenvalue weighted by Gasteiger charge is -2.06. The van der Waals surface area contributed by atoms with E-state index in [1.165, 1.54) is 19.3 Å². The minimum atomic E-state index is -0.960. The molecule has 124 valence electrons. The van der Waals surface area contributed by atoms with Crippen LogP contribution in [-0.2, 0) is 4.79 Å². The van der Waals surface area contributed by atoms with Gasteiger partial charge in [-0.3, -0.25) is 14.9 Å². The van der Waals surface area contributed by atoms with Gasteiger partial charge in [0, 0.05) is 23.4 Å². The Kier molecular flexibility index (Phi) is 5.26. The predicted molar refractivity (Wildman–Crippen MR) is 88.4 cm³/mol. The summed E-state index contributed by atoms with van der Waals surface area (Å²) in [4.78, 5) is 21.8. The third kappa shape index (κ3) is 4.16. The number of aryl methyl sites for hydroxylation is 1. The summed E-state index contributed by atoms with van der Waals surface area (Å²) < 4.78 is 18.5. The first-order valence-electron chi connectivity index (χ1n) is 6.98. The summed E-state index contributed by atoms with van der Waals surface area (Å²) in [7, 11) is 1.53. The van der Waals surface area contributed by atoms with E-state index in [-0.39, 0.29) is 5.69 Å². The van der Waals surface area contributed by atoms with E-state index in [4.69, 9.17) is 4.74 Å². The van der Waals surface area contributed by atoms with Crippen LogP contribution in [0.2, 0.25) is 0 Å². The lowest BCUT2D eigenvalue weighted by atomic mass is 10.1. The van der Waals surface area contributed by atoms with Gasteiger partial charge in [0.1, 0.15) is 5.75 Å². The van der Waals surface area contributed by atoms with Crippen LogP contribution in [0.3, 0.4) is 0 Å². The molecule has 0 aliphatic rings. The summed E-state index contributed by atoms with van der Waals surface area (Å²) in [6, 6.07) is 8.67. The van der Waals surface area contributed by atoms with Gasteiger partial charge in [0.2, 0.25) is 11.7 Å². The zero-order valence-electron chi connectivity index (χ0n) is 13.1. The number of carbonyl (C=O) groups is 1. The molecule has 2 aromatic rings. The minimum Gasteiger partial charge on any atom is -0.496 e. The van der Waals surface area contributed by atoms with E-state index in [9.17, 15) is 19.3 Å². The molecule has 0 aliphatic heterocycles. The Labute approximate surface area is 137 Å². The Morgan fingerprint density at radius 3 is 2.71 bits per heavy atom. The molecule has 0 heterocycles. The van der Waals surface area contributed by atoms with E-state index in [1.807, 2.05) is 19.1 Å². The van der Waals surface area contributed by atoms with Crippen LogP contribution in [0.4, 0.5) is 15.8 Å². The van der Waals surface area contributed by atoms with Crippen LogP contribution in [-0.4, -0.2) is 17.9 Å². The first-order chi connectivity index (χ1) is 11.4. The predicted octanol–water partition coefficient (Wildman–Crippen LogP) is 3.70. The Bertz CT molecular complexity index is 818. The van der Waals surface area contributed by atoms with Gasteiger partial charge in [0.05, 0.1) is 12.0 Å². The standard InChI is InChI=1S/C17H15FN2O4/c1-11-3-7-16(24-2)12(9-11)4-8-17(21)19-13-5-6-14(18)15(10-13)20(22)23/h3-10H,1-2H3,(H,19,21)/b8-4+. The number of halogens is 1. The fourth-order valence-electron chi connectivity index (χ4n) is 2.06. The molecule has 0 atom stereocenters. The molecule has 0 saturated carbocycles. The summed E-state index contributed by atoms with van der Waals surface area (Å²) in [6.45, 7) is 1.91. The summed E-state index contributed by atoms with van der Waals surface area (Å²) in [6.07, 6.45) is 2.84. The van der Waals surface area contributed by atoms with Gasteiger partial charge in [-0.15, -0.1) is 0 Å². The first-order valence-corrected chi connectivity index (χ1v) is 6.98. The van der Waals surface area contributed by atoms with Crippen molar-refractivity contribution in [2.24, 2.45) is 0 Å². The molecule has 0 bridgehead atoms. The van der Waals surface area contributed by atoms with Gasteiger partial charge in [-0.05, 0) is 37.3 Å². The quantitative estimate of drug-likeness (QED) is 0.515. The van der Waals surface area contributed by atoms with Gasteiger partial charge in [-0.25, -0.2) is 0 Å². The van der Waals surface area contributed by atoms with Crippen molar-refractivity contribution in [3.05, 3.63) is 69.5 Å². The van der Waals surface area contributed by atoms with Crippen LogP contribution >= 0.6 is 0 Å². The summed E-state index contributed by atoms with van der Waals surface area (Å²) in [5.74, 6) is -0.848. The fourth-order valence-corrected chi connectivity index (χ4v) is 2.06. The summed E-state index contributed by atoms with van der Waals surface area (Å²) in [5.41, 5.74) is 1.16. The molecule has 0 radical (unpaired) electrons. The number of nitrogens with zero attached hydrogens (tertiary/aromatic N) is 1. The van der Waals surface area contributed by atoms with E-state index in [0.717, 1.165) is 23.3 Å². The van der Waals surface area contributed by atoms with Gasteiger partial charge in [-0.2, -0.15) is 4.39 Å². The number of nitrogens with one attached hydrogen (secondary N) is 1. The highest BCUT2D eigenvalue weighted by Crippen LogP contribution is 2.23. The van der Waals surface area contributed by atoms with Gasteiger partial charge in [-0.1, -0.05) is 11.6 Å². The molecule has 2 rings (SSSR count). The van der Waals surface area contributed by atoms with Crippen LogP contribution in [0.1, 0.15) is 11.1 Å². The van der Waals surface area contributed by atoms with Gasteiger partial charge in [0.25, 0.3) is 0 Å². The molecule has 0 fully saturated rings. The normalized spacial score (nSPS) is 10.6. The molecule has 0 aliphatic carbocycles. The van der Waals surface area contributed by atoms with Crippen molar-refractivity contribution in [3.8, 4) is 5.75 Å². The molecule has 2 aromatic carbocycles. The van der Waals surface area contributed by atoms with E-state index < -0.39 is 22.3 Å². The van der Waals surface area contributed by atoms with E-state index in [1.54, 1.807) is 12.1 Å². The highest BCUT2D eigenvalue weighted by molar-refractivity contribution is 6.02. The van der Waals surface area contributed by atoms with Gasteiger partial charge < -0.3 is 10.1 Å². The summed E-state index contributed by atoms with van der Waals surface area (Å²) in [5, 5.41) is 13.1. The van der Waals surface area contributed by atoms with Crippen LogP contribution in [0.15, 0.2) is 42.5 Å². The summed E-state index contributed by atoms with van der Waals surface area (Å²) >= 11 is 0. The smallest absolute Gasteiger partial charge is 0.306 e. The average molecular weight is 330 g/mol. The SMILES string of the molecule is COc1ccc(C)cc1/C=C/C(=O)Nc1ccc(F)c([N+](=O)[O-])c1. The number of benzene rings is 2. The maximum Gasteiger partial charge on any atom is 0.306 e. The average Bonchev–Trinajstić information content (AvgIpc) is 2.54. The third-order valence-corrected chi connectivity index (χ3v) is 3.21.